The highest BCUT2D eigenvalue weighted by molar-refractivity contribution is 8.00. The predicted octanol–water partition coefficient (Wildman–Crippen LogP) is 5.79. The number of thioether (sulfide) groups is 1. The minimum atomic E-state index is -4.42. The third-order valence-electron chi connectivity index (χ3n) is 3.59. The molecular formula is C16H10Cl2F3NOS. The molecule has 0 saturated carbocycles. The van der Waals surface area contributed by atoms with Crippen LogP contribution >= 0.6 is 35.0 Å². The van der Waals surface area contributed by atoms with Gasteiger partial charge >= 0.3 is 6.18 Å². The molecule has 1 saturated heterocycles. The van der Waals surface area contributed by atoms with Crippen LogP contribution in [0.3, 0.4) is 0 Å². The van der Waals surface area contributed by atoms with E-state index in [0.717, 1.165) is 12.1 Å². The van der Waals surface area contributed by atoms with Crippen LogP contribution in [0.25, 0.3) is 0 Å². The SMILES string of the molecule is O=C1CSC(c2cccc(Cl)c2Cl)N1c1ccc(C(F)(F)F)cc1. The van der Waals surface area contributed by atoms with E-state index in [9.17, 15) is 18.0 Å². The van der Waals surface area contributed by atoms with Gasteiger partial charge in [-0.15, -0.1) is 11.8 Å². The van der Waals surface area contributed by atoms with Crippen LogP contribution in [0.1, 0.15) is 16.5 Å². The molecule has 24 heavy (non-hydrogen) atoms. The summed E-state index contributed by atoms with van der Waals surface area (Å²) in [5, 5.41) is 0.269. The number of anilines is 1. The van der Waals surface area contributed by atoms with Crippen LogP contribution in [-0.4, -0.2) is 11.7 Å². The lowest BCUT2D eigenvalue weighted by atomic mass is 10.1. The number of hydrogen-bond donors (Lipinski definition) is 0. The van der Waals surface area contributed by atoms with Crippen molar-refractivity contribution in [2.24, 2.45) is 0 Å². The zero-order valence-corrected chi connectivity index (χ0v) is 14.3. The van der Waals surface area contributed by atoms with Crippen molar-refractivity contribution in [3.05, 3.63) is 63.6 Å². The molecular weight excluding hydrogens is 382 g/mol. The molecule has 1 heterocycles. The number of halogens is 5. The smallest absolute Gasteiger partial charge is 0.295 e. The van der Waals surface area contributed by atoms with Crippen molar-refractivity contribution in [2.45, 2.75) is 11.6 Å². The Bertz CT molecular complexity index is 780. The number of carbonyl (C=O) groups excluding carboxylic acids is 1. The van der Waals surface area contributed by atoms with E-state index >= 15 is 0 Å². The molecule has 0 aromatic heterocycles. The summed E-state index contributed by atoms with van der Waals surface area (Å²) < 4.78 is 38.1. The van der Waals surface area contributed by atoms with Crippen LogP contribution in [-0.2, 0) is 11.0 Å². The van der Waals surface area contributed by atoms with Gasteiger partial charge < -0.3 is 0 Å². The second kappa shape index (κ2) is 6.50. The van der Waals surface area contributed by atoms with E-state index in [1.165, 1.54) is 28.8 Å². The van der Waals surface area contributed by atoms with Crippen LogP contribution in [0.2, 0.25) is 10.0 Å². The fourth-order valence-electron chi connectivity index (χ4n) is 2.46. The van der Waals surface area contributed by atoms with Gasteiger partial charge in [0.05, 0.1) is 21.4 Å². The molecule has 1 amide bonds. The van der Waals surface area contributed by atoms with E-state index in [1.54, 1.807) is 18.2 Å². The van der Waals surface area contributed by atoms with Crippen molar-refractivity contribution in [3.8, 4) is 0 Å². The number of alkyl halides is 3. The Hall–Kier alpha value is -1.37. The summed E-state index contributed by atoms with van der Waals surface area (Å²) in [6.07, 6.45) is -4.42. The van der Waals surface area contributed by atoms with Crippen LogP contribution in [0.15, 0.2) is 42.5 Å². The van der Waals surface area contributed by atoms with Gasteiger partial charge in [-0.1, -0.05) is 35.3 Å². The fourth-order valence-corrected chi connectivity index (χ4v) is 4.14. The minimum Gasteiger partial charge on any atom is -0.295 e. The van der Waals surface area contributed by atoms with Crippen molar-refractivity contribution in [3.63, 3.8) is 0 Å². The summed E-state index contributed by atoms with van der Waals surface area (Å²) in [4.78, 5) is 13.7. The van der Waals surface area contributed by atoms with E-state index in [2.05, 4.69) is 0 Å². The second-order valence-electron chi connectivity index (χ2n) is 5.11. The van der Waals surface area contributed by atoms with Crippen molar-refractivity contribution >= 4 is 46.6 Å². The molecule has 2 aromatic carbocycles. The molecule has 1 unspecified atom stereocenters. The standard InChI is InChI=1S/C16H10Cl2F3NOS/c17-12-3-1-2-11(14(12)18)15-22(13(23)8-24-15)10-6-4-9(5-7-10)16(19,20)21/h1-7,15H,8H2. The third kappa shape index (κ3) is 3.23. The summed E-state index contributed by atoms with van der Waals surface area (Å²) in [5.41, 5.74) is 0.279. The van der Waals surface area contributed by atoms with Crippen LogP contribution < -0.4 is 4.90 Å². The van der Waals surface area contributed by atoms with E-state index < -0.39 is 17.1 Å². The lowest BCUT2D eigenvalue weighted by Crippen LogP contribution is -2.28. The topological polar surface area (TPSA) is 20.3 Å². The Morgan fingerprint density at radius 2 is 1.75 bits per heavy atom. The van der Waals surface area contributed by atoms with Gasteiger partial charge in [-0.3, -0.25) is 9.69 Å². The first-order chi connectivity index (χ1) is 11.3. The fraction of sp³-hybridized carbons (Fsp3) is 0.188. The van der Waals surface area contributed by atoms with E-state index in [-0.39, 0.29) is 11.7 Å². The van der Waals surface area contributed by atoms with Crippen molar-refractivity contribution in [1.82, 2.24) is 0 Å². The summed E-state index contributed by atoms with van der Waals surface area (Å²) in [7, 11) is 0. The van der Waals surface area contributed by atoms with Crippen LogP contribution in [0, 0.1) is 0 Å². The van der Waals surface area contributed by atoms with Gasteiger partial charge in [0.25, 0.3) is 0 Å². The summed E-state index contributed by atoms with van der Waals surface area (Å²) in [6.45, 7) is 0. The molecule has 1 aliphatic heterocycles. The Labute approximate surface area is 150 Å². The quantitative estimate of drug-likeness (QED) is 0.645. The second-order valence-corrected chi connectivity index (χ2v) is 6.97. The molecule has 2 aromatic rings. The Morgan fingerprint density at radius 1 is 1.08 bits per heavy atom. The Kier molecular flexibility index (Phi) is 4.73. The van der Waals surface area contributed by atoms with Crippen molar-refractivity contribution < 1.29 is 18.0 Å². The van der Waals surface area contributed by atoms with Gasteiger partial charge in [0.1, 0.15) is 5.37 Å². The van der Waals surface area contributed by atoms with E-state index in [4.69, 9.17) is 23.2 Å². The van der Waals surface area contributed by atoms with Crippen LogP contribution in [0.5, 0.6) is 0 Å². The average Bonchev–Trinajstić information content (AvgIpc) is 2.91. The molecule has 126 valence electrons. The largest absolute Gasteiger partial charge is 0.416 e. The number of amides is 1. The summed E-state index contributed by atoms with van der Waals surface area (Å²) in [5.74, 6) is 0.0231. The van der Waals surface area contributed by atoms with Gasteiger partial charge in [0, 0.05) is 11.3 Å². The lowest BCUT2D eigenvalue weighted by Gasteiger charge is -2.25. The highest BCUT2D eigenvalue weighted by Crippen LogP contribution is 2.45. The molecule has 0 radical (unpaired) electrons. The molecule has 1 atom stereocenters. The minimum absolute atomic E-state index is 0.194. The zero-order valence-electron chi connectivity index (χ0n) is 12.0. The number of carbonyl (C=O) groups is 1. The average molecular weight is 392 g/mol. The summed E-state index contributed by atoms with van der Waals surface area (Å²) >= 11 is 13.6. The molecule has 3 rings (SSSR count). The molecule has 1 fully saturated rings. The number of nitrogens with zero attached hydrogens (tertiary/aromatic N) is 1. The molecule has 0 bridgehead atoms. The van der Waals surface area contributed by atoms with E-state index in [0.29, 0.717) is 21.3 Å². The maximum absolute atomic E-state index is 12.7. The summed E-state index contributed by atoms with van der Waals surface area (Å²) in [6, 6.07) is 9.61. The highest BCUT2D eigenvalue weighted by atomic mass is 35.5. The van der Waals surface area contributed by atoms with Crippen LogP contribution in [0.4, 0.5) is 18.9 Å². The molecule has 0 aliphatic carbocycles. The first-order valence-electron chi connectivity index (χ1n) is 6.84. The maximum atomic E-state index is 12.7. The maximum Gasteiger partial charge on any atom is 0.416 e. The predicted molar refractivity (Wildman–Crippen MR) is 90.6 cm³/mol. The van der Waals surface area contributed by atoms with E-state index in [1.807, 2.05) is 0 Å². The first-order valence-corrected chi connectivity index (χ1v) is 8.64. The Balaban J connectivity index is 1.98. The molecule has 8 heteroatoms. The highest BCUT2D eigenvalue weighted by Gasteiger charge is 2.36. The normalized spacial score (nSPS) is 18.3. The number of hydrogen-bond acceptors (Lipinski definition) is 2. The number of benzene rings is 2. The van der Waals surface area contributed by atoms with Gasteiger partial charge in [-0.2, -0.15) is 13.2 Å². The number of rotatable bonds is 2. The third-order valence-corrected chi connectivity index (χ3v) is 5.62. The molecule has 1 aliphatic rings. The monoisotopic (exact) mass is 391 g/mol. The molecule has 0 spiro atoms. The first kappa shape index (κ1) is 17.5. The van der Waals surface area contributed by atoms with Gasteiger partial charge in [0.15, 0.2) is 0 Å². The van der Waals surface area contributed by atoms with Crippen molar-refractivity contribution in [2.75, 3.05) is 10.7 Å². The van der Waals surface area contributed by atoms with Crippen molar-refractivity contribution in [1.29, 1.82) is 0 Å². The lowest BCUT2D eigenvalue weighted by molar-refractivity contribution is -0.137. The molecule has 2 nitrogen and oxygen atoms in total. The zero-order chi connectivity index (χ0) is 17.5. The van der Waals surface area contributed by atoms with Gasteiger partial charge in [-0.05, 0) is 30.3 Å². The molecule has 0 N–H and O–H groups in total. The Morgan fingerprint density at radius 3 is 2.38 bits per heavy atom. The van der Waals surface area contributed by atoms with Gasteiger partial charge in [0.2, 0.25) is 5.91 Å². The van der Waals surface area contributed by atoms with Gasteiger partial charge in [-0.25, -0.2) is 0 Å².